The molecule has 1 heterocycles. The number of pyridine rings is 1. The van der Waals surface area contributed by atoms with E-state index in [-0.39, 0.29) is 38.1 Å². The minimum Gasteiger partial charge on any atom is -0.361 e. The molecular weight excluding hydrogens is 411 g/mol. The van der Waals surface area contributed by atoms with Gasteiger partial charge >= 0.3 is 0 Å². The van der Waals surface area contributed by atoms with Crippen LogP contribution >= 0.6 is 0 Å². The fraction of sp³-hybridized carbons (Fsp3) is 0.565. The molecule has 1 aromatic carbocycles. The van der Waals surface area contributed by atoms with Gasteiger partial charge < -0.3 is 4.98 Å². The number of benzene rings is 1. The molecule has 3 rings (SSSR count). The number of H-pyrrole nitrogens is 1. The van der Waals surface area contributed by atoms with Crippen LogP contribution in [-0.2, 0) is 37.5 Å². The SMILES string of the molecule is CC.CC.CCC1CCCC(C(C)=O)C1.O=c1cc[nH]c2ccccc12.[Y]. The number of fused-ring (bicyclic) bond motifs is 1. The Bertz CT molecular complexity index is 676. The van der Waals surface area contributed by atoms with Crippen LogP contribution in [0.1, 0.15) is 73.6 Å². The monoisotopic (exact) mass is 448 g/mol. The van der Waals surface area contributed by atoms with Crippen LogP contribution < -0.4 is 5.43 Å². The summed E-state index contributed by atoms with van der Waals surface area (Å²) in [4.78, 5) is 25.2. The second-order valence-electron chi connectivity index (χ2n) is 6.14. The average Bonchev–Trinajstić information content (AvgIpc) is 2.72. The van der Waals surface area contributed by atoms with Gasteiger partial charge in [0.2, 0.25) is 0 Å². The standard InChI is InChI=1S/C10H18O.C9H7NO.2C2H6.Y/c1-3-9-5-4-6-10(7-9)8(2)11;11-9-5-6-10-8-4-2-1-3-7(8)9;2*1-2;/h9-10H,3-7H2,1-2H3;1-6H,(H,10,11);2*1-2H3;. The summed E-state index contributed by atoms with van der Waals surface area (Å²) < 4.78 is 0. The molecule has 1 radical (unpaired) electrons. The summed E-state index contributed by atoms with van der Waals surface area (Å²) in [6.45, 7) is 12.0. The molecule has 0 amide bonds. The second-order valence-corrected chi connectivity index (χ2v) is 6.14. The quantitative estimate of drug-likeness (QED) is 0.580. The van der Waals surface area contributed by atoms with Crippen LogP contribution in [0.2, 0.25) is 0 Å². The summed E-state index contributed by atoms with van der Waals surface area (Å²) in [5.74, 6) is 1.63. The van der Waals surface area contributed by atoms with Crippen molar-refractivity contribution >= 4 is 16.7 Å². The molecule has 0 bridgehead atoms. The topological polar surface area (TPSA) is 49.9 Å². The average molecular weight is 448 g/mol. The van der Waals surface area contributed by atoms with Gasteiger partial charge in [0.25, 0.3) is 0 Å². The van der Waals surface area contributed by atoms with E-state index in [1.807, 2.05) is 52.0 Å². The van der Waals surface area contributed by atoms with Crippen LogP contribution in [0.5, 0.6) is 0 Å². The van der Waals surface area contributed by atoms with Gasteiger partial charge in [-0.05, 0) is 37.8 Å². The first kappa shape index (κ1) is 28.4. The molecule has 149 valence electrons. The van der Waals surface area contributed by atoms with E-state index in [9.17, 15) is 9.59 Å². The minimum absolute atomic E-state index is 0. The number of aromatic amines is 1. The smallest absolute Gasteiger partial charge is 0.189 e. The summed E-state index contributed by atoms with van der Waals surface area (Å²) in [5.41, 5.74) is 0.958. The number of carbonyl (C=O) groups excluding carboxylic acids is 1. The molecule has 1 aromatic heterocycles. The number of carbonyl (C=O) groups is 1. The number of para-hydroxylation sites is 1. The molecule has 2 atom stereocenters. The number of ketones is 1. The summed E-state index contributed by atoms with van der Waals surface area (Å²) in [6.07, 6.45) is 7.83. The molecule has 2 unspecified atom stereocenters. The van der Waals surface area contributed by atoms with Crippen molar-refractivity contribution in [3.8, 4) is 0 Å². The molecule has 3 nitrogen and oxygen atoms in total. The predicted molar refractivity (Wildman–Crippen MR) is 114 cm³/mol. The van der Waals surface area contributed by atoms with Crippen LogP contribution in [-0.4, -0.2) is 10.8 Å². The zero-order valence-electron chi connectivity index (χ0n) is 18.0. The molecule has 27 heavy (non-hydrogen) atoms. The molecule has 1 saturated carbocycles. The van der Waals surface area contributed by atoms with Crippen molar-refractivity contribution in [2.45, 2.75) is 73.6 Å². The molecule has 0 saturated heterocycles. The first-order valence-corrected chi connectivity index (χ1v) is 10.2. The maximum atomic E-state index is 11.2. The van der Waals surface area contributed by atoms with Crippen molar-refractivity contribution in [2.75, 3.05) is 0 Å². The fourth-order valence-corrected chi connectivity index (χ4v) is 3.15. The third-order valence-corrected chi connectivity index (χ3v) is 4.60. The Hall–Kier alpha value is -0.796. The van der Waals surface area contributed by atoms with E-state index in [2.05, 4.69) is 11.9 Å². The Morgan fingerprint density at radius 3 is 2.26 bits per heavy atom. The Labute approximate surface area is 190 Å². The van der Waals surface area contributed by atoms with E-state index in [1.54, 1.807) is 13.1 Å². The molecule has 1 aliphatic rings. The van der Waals surface area contributed by atoms with E-state index in [1.165, 1.54) is 25.3 Å². The van der Waals surface area contributed by atoms with Crippen LogP contribution in [0.4, 0.5) is 0 Å². The van der Waals surface area contributed by atoms with E-state index < -0.39 is 0 Å². The van der Waals surface area contributed by atoms with E-state index in [4.69, 9.17) is 0 Å². The van der Waals surface area contributed by atoms with Crippen molar-refractivity contribution in [1.82, 2.24) is 4.98 Å². The Morgan fingerprint density at radius 1 is 1.07 bits per heavy atom. The van der Waals surface area contributed by atoms with Crippen LogP contribution in [0, 0.1) is 11.8 Å². The van der Waals surface area contributed by atoms with Crippen molar-refractivity contribution in [2.24, 2.45) is 11.8 Å². The van der Waals surface area contributed by atoms with Gasteiger partial charge in [0, 0.05) is 61.8 Å². The van der Waals surface area contributed by atoms with Crippen LogP contribution in [0.15, 0.2) is 41.3 Å². The number of hydrogen-bond acceptors (Lipinski definition) is 2. The Morgan fingerprint density at radius 2 is 1.70 bits per heavy atom. The number of hydrogen-bond donors (Lipinski definition) is 1. The van der Waals surface area contributed by atoms with Crippen molar-refractivity contribution < 1.29 is 37.5 Å². The van der Waals surface area contributed by atoms with E-state index in [0.717, 1.165) is 29.7 Å². The third kappa shape index (κ3) is 10.4. The first-order chi connectivity index (χ1) is 12.6. The Balaban J connectivity index is 0. The van der Waals surface area contributed by atoms with Crippen molar-refractivity contribution in [3.05, 3.63) is 46.8 Å². The third-order valence-electron chi connectivity index (χ3n) is 4.60. The summed E-state index contributed by atoms with van der Waals surface area (Å²) >= 11 is 0. The van der Waals surface area contributed by atoms with Crippen molar-refractivity contribution in [1.29, 1.82) is 0 Å². The summed E-state index contributed by atoms with van der Waals surface area (Å²) in [7, 11) is 0. The van der Waals surface area contributed by atoms with Gasteiger partial charge in [-0.2, -0.15) is 0 Å². The van der Waals surface area contributed by atoms with Gasteiger partial charge in [-0.15, -0.1) is 0 Å². The van der Waals surface area contributed by atoms with Crippen LogP contribution in [0.3, 0.4) is 0 Å². The van der Waals surface area contributed by atoms with E-state index >= 15 is 0 Å². The number of Topliss-reactive ketones (excluding diaryl/α,β-unsaturated/α-hetero) is 1. The van der Waals surface area contributed by atoms with Gasteiger partial charge in [-0.25, -0.2) is 0 Å². The number of aromatic nitrogens is 1. The first-order valence-electron chi connectivity index (χ1n) is 10.2. The second kappa shape index (κ2) is 17.3. The Kier molecular flexibility index (Phi) is 18.2. The van der Waals surface area contributed by atoms with Gasteiger partial charge in [0.1, 0.15) is 5.78 Å². The maximum Gasteiger partial charge on any atom is 0.189 e. The molecule has 4 heteroatoms. The summed E-state index contributed by atoms with van der Waals surface area (Å²) in [6, 6.07) is 8.99. The summed E-state index contributed by atoms with van der Waals surface area (Å²) in [5, 5.41) is 0.745. The molecule has 1 N–H and O–H groups in total. The van der Waals surface area contributed by atoms with Gasteiger partial charge in [-0.3, -0.25) is 9.59 Å². The van der Waals surface area contributed by atoms with Gasteiger partial charge in [0.15, 0.2) is 5.43 Å². The maximum absolute atomic E-state index is 11.2. The molecule has 1 fully saturated rings. The van der Waals surface area contributed by atoms with Crippen molar-refractivity contribution in [3.63, 3.8) is 0 Å². The number of rotatable bonds is 2. The zero-order valence-corrected chi connectivity index (χ0v) is 20.9. The zero-order chi connectivity index (χ0) is 19.9. The largest absolute Gasteiger partial charge is 0.361 e. The molecule has 0 aliphatic heterocycles. The van der Waals surface area contributed by atoms with Crippen LogP contribution in [0.25, 0.3) is 10.9 Å². The van der Waals surface area contributed by atoms with Gasteiger partial charge in [-0.1, -0.05) is 66.0 Å². The molecule has 0 spiro atoms. The fourth-order valence-electron chi connectivity index (χ4n) is 3.15. The molecular formula is C23H37NO2Y. The predicted octanol–water partition coefficient (Wildman–Crippen LogP) is 6.37. The number of nitrogens with one attached hydrogen (secondary N) is 1. The molecule has 1 aliphatic carbocycles. The molecule has 2 aromatic rings. The van der Waals surface area contributed by atoms with Gasteiger partial charge in [0.05, 0.1) is 0 Å². The normalized spacial score (nSPS) is 17.6. The minimum atomic E-state index is 0. The van der Waals surface area contributed by atoms with E-state index in [0.29, 0.717) is 11.7 Å².